The summed E-state index contributed by atoms with van der Waals surface area (Å²) in [5, 5.41) is 0. The van der Waals surface area contributed by atoms with Crippen molar-refractivity contribution in [2.45, 2.75) is 43.9 Å². The molecule has 0 unspecified atom stereocenters. The Bertz CT molecular complexity index is 994. The van der Waals surface area contributed by atoms with Gasteiger partial charge >= 0.3 is 6.18 Å². The Hall–Kier alpha value is -3.30. The van der Waals surface area contributed by atoms with E-state index in [1.807, 2.05) is 6.07 Å². The molecule has 0 saturated carbocycles. The van der Waals surface area contributed by atoms with Crippen LogP contribution in [0.3, 0.4) is 0 Å². The molecule has 0 bridgehead atoms. The molecule has 178 valence electrons. The fraction of sp³-hybridized carbons (Fsp3) is 0.391. The highest BCUT2D eigenvalue weighted by Gasteiger charge is 2.33. The number of hydrogen-bond donors (Lipinski definition) is 2. The maximum atomic E-state index is 13.2. The van der Waals surface area contributed by atoms with E-state index in [4.69, 9.17) is 20.9 Å². The highest BCUT2D eigenvalue weighted by atomic mass is 19.4. The molecule has 6 nitrogen and oxygen atoms in total. The number of nitrogens with two attached hydrogens (primary N) is 2. The van der Waals surface area contributed by atoms with E-state index in [1.54, 1.807) is 18.2 Å². The summed E-state index contributed by atoms with van der Waals surface area (Å²) in [5.74, 6) is -0.159. The Morgan fingerprint density at radius 1 is 0.788 bits per heavy atom. The molecular formula is C23H26F4N4O2. The maximum absolute atomic E-state index is 13.2. The minimum Gasteiger partial charge on any atom is -0.463 e. The van der Waals surface area contributed by atoms with Crippen LogP contribution in [0.5, 0.6) is 0 Å². The van der Waals surface area contributed by atoms with Crippen LogP contribution in [0.2, 0.25) is 0 Å². The average Bonchev–Trinajstić information content (AvgIpc) is 3.39. The van der Waals surface area contributed by atoms with Gasteiger partial charge in [-0.3, -0.25) is 0 Å². The zero-order valence-corrected chi connectivity index (χ0v) is 17.9. The standard InChI is InChI=1S/C12H13F3N2O.C11H13FN2O/c13-12(14,15)10-4-2-1-3-8(10)5-6-9-7-18-11(16)17-9;12-10-4-2-1-3-8(10)5-6-9-7-15-11(13)14-9/h1-4,9H,5-7H2,(H2,16,17);1-4,9H,5-7H2,(H2,13,14)/t2*9-/m00/s1. The number of benzene rings is 2. The molecule has 0 saturated heterocycles. The molecule has 4 N–H and O–H groups in total. The lowest BCUT2D eigenvalue weighted by molar-refractivity contribution is -0.138. The van der Waals surface area contributed by atoms with Gasteiger partial charge in [-0.2, -0.15) is 13.2 Å². The molecule has 2 aliphatic heterocycles. The summed E-state index contributed by atoms with van der Waals surface area (Å²) in [5.41, 5.74) is 11.1. The van der Waals surface area contributed by atoms with Gasteiger partial charge in [-0.1, -0.05) is 36.4 Å². The molecule has 0 radical (unpaired) electrons. The van der Waals surface area contributed by atoms with Crippen molar-refractivity contribution in [3.05, 3.63) is 71.0 Å². The van der Waals surface area contributed by atoms with Gasteiger partial charge in [0.05, 0.1) is 17.6 Å². The number of ether oxygens (including phenoxy) is 2. The van der Waals surface area contributed by atoms with Crippen molar-refractivity contribution in [3.8, 4) is 0 Å². The molecule has 2 aromatic carbocycles. The van der Waals surface area contributed by atoms with Crippen LogP contribution >= 0.6 is 0 Å². The van der Waals surface area contributed by atoms with E-state index >= 15 is 0 Å². The fourth-order valence-electron chi connectivity index (χ4n) is 3.53. The van der Waals surface area contributed by atoms with Crippen molar-refractivity contribution in [3.63, 3.8) is 0 Å². The Kier molecular flexibility index (Phi) is 8.13. The third-order valence-electron chi connectivity index (χ3n) is 5.24. The maximum Gasteiger partial charge on any atom is 0.416 e. The Morgan fingerprint density at radius 2 is 1.27 bits per heavy atom. The van der Waals surface area contributed by atoms with Gasteiger partial charge in [0.2, 0.25) is 0 Å². The van der Waals surface area contributed by atoms with Crippen molar-refractivity contribution < 1.29 is 27.0 Å². The zero-order valence-electron chi connectivity index (χ0n) is 17.9. The minimum atomic E-state index is -4.31. The topological polar surface area (TPSA) is 95.2 Å². The van der Waals surface area contributed by atoms with E-state index in [0.29, 0.717) is 32.5 Å². The van der Waals surface area contributed by atoms with Gasteiger partial charge in [0.1, 0.15) is 19.0 Å². The van der Waals surface area contributed by atoms with Crippen LogP contribution in [0, 0.1) is 5.82 Å². The Labute approximate surface area is 189 Å². The lowest BCUT2D eigenvalue weighted by Gasteiger charge is -2.13. The predicted molar refractivity (Wildman–Crippen MR) is 117 cm³/mol. The minimum absolute atomic E-state index is 0.0737. The van der Waals surface area contributed by atoms with Gasteiger partial charge in [0.15, 0.2) is 0 Å². The summed E-state index contributed by atoms with van der Waals surface area (Å²) in [6.45, 7) is 0.861. The average molecular weight is 466 g/mol. The van der Waals surface area contributed by atoms with Crippen LogP contribution in [-0.4, -0.2) is 37.3 Å². The summed E-state index contributed by atoms with van der Waals surface area (Å²) in [6.07, 6.45) is -2.08. The molecular weight excluding hydrogens is 440 g/mol. The number of amidine groups is 2. The molecule has 0 amide bonds. The Balaban J connectivity index is 0.000000189. The quantitative estimate of drug-likeness (QED) is 0.633. The SMILES string of the molecule is NC1=N[C@@H](CCc2ccccc2C(F)(F)F)CO1.NC1=N[C@@H](CCc2ccccc2F)CO1. The monoisotopic (exact) mass is 466 g/mol. The molecule has 2 aliphatic rings. The van der Waals surface area contributed by atoms with Gasteiger partial charge in [-0.25, -0.2) is 14.4 Å². The molecule has 4 rings (SSSR count). The zero-order chi connectivity index (χ0) is 23.8. The first-order valence-electron chi connectivity index (χ1n) is 10.5. The van der Waals surface area contributed by atoms with Gasteiger partial charge in [0.25, 0.3) is 12.0 Å². The molecule has 0 aliphatic carbocycles. The molecule has 0 aromatic heterocycles. The second-order valence-corrected chi connectivity index (χ2v) is 7.69. The normalized spacial score (nSPS) is 19.6. The lowest BCUT2D eigenvalue weighted by atomic mass is 10.0. The second-order valence-electron chi connectivity index (χ2n) is 7.69. The number of alkyl halides is 3. The number of aliphatic imine (C=N–C) groups is 2. The number of aryl methyl sites for hydroxylation is 2. The molecule has 0 spiro atoms. The van der Waals surface area contributed by atoms with Gasteiger partial charge < -0.3 is 20.9 Å². The molecule has 10 heteroatoms. The van der Waals surface area contributed by atoms with Crippen LogP contribution < -0.4 is 11.5 Å². The number of nitrogens with zero attached hydrogens (tertiary/aromatic N) is 2. The summed E-state index contributed by atoms with van der Waals surface area (Å²) < 4.78 is 61.4. The molecule has 2 atom stereocenters. The van der Waals surface area contributed by atoms with E-state index in [9.17, 15) is 17.6 Å². The van der Waals surface area contributed by atoms with Crippen LogP contribution in [0.15, 0.2) is 58.5 Å². The van der Waals surface area contributed by atoms with Crippen molar-refractivity contribution >= 4 is 12.0 Å². The van der Waals surface area contributed by atoms with Crippen LogP contribution in [-0.2, 0) is 28.5 Å². The van der Waals surface area contributed by atoms with Crippen LogP contribution in [0.1, 0.15) is 29.5 Å². The molecule has 0 fully saturated rings. The second kappa shape index (κ2) is 11.0. The highest BCUT2D eigenvalue weighted by molar-refractivity contribution is 5.73. The number of halogens is 4. The third kappa shape index (κ3) is 7.37. The van der Waals surface area contributed by atoms with E-state index < -0.39 is 11.7 Å². The van der Waals surface area contributed by atoms with Crippen molar-refractivity contribution in [2.75, 3.05) is 13.2 Å². The van der Waals surface area contributed by atoms with E-state index in [-0.39, 0.29) is 35.5 Å². The number of hydrogen-bond acceptors (Lipinski definition) is 6. The van der Waals surface area contributed by atoms with E-state index in [0.717, 1.165) is 18.1 Å². The first-order valence-corrected chi connectivity index (χ1v) is 10.5. The fourth-order valence-corrected chi connectivity index (χ4v) is 3.53. The van der Waals surface area contributed by atoms with Crippen molar-refractivity contribution in [1.82, 2.24) is 0 Å². The van der Waals surface area contributed by atoms with Crippen molar-refractivity contribution in [1.29, 1.82) is 0 Å². The summed E-state index contributed by atoms with van der Waals surface area (Å²) in [4.78, 5) is 8.07. The largest absolute Gasteiger partial charge is 0.463 e. The van der Waals surface area contributed by atoms with E-state index in [1.165, 1.54) is 18.2 Å². The van der Waals surface area contributed by atoms with Crippen LogP contribution in [0.4, 0.5) is 17.6 Å². The van der Waals surface area contributed by atoms with Gasteiger partial charge in [-0.05, 0) is 48.9 Å². The Morgan fingerprint density at radius 3 is 1.76 bits per heavy atom. The first-order chi connectivity index (χ1) is 15.7. The van der Waals surface area contributed by atoms with Crippen molar-refractivity contribution in [2.24, 2.45) is 21.5 Å². The van der Waals surface area contributed by atoms with E-state index in [2.05, 4.69) is 9.98 Å². The smallest absolute Gasteiger partial charge is 0.416 e. The lowest BCUT2D eigenvalue weighted by Crippen LogP contribution is -2.12. The molecule has 2 aromatic rings. The van der Waals surface area contributed by atoms with Gasteiger partial charge in [0, 0.05) is 0 Å². The summed E-state index contributed by atoms with van der Waals surface area (Å²) >= 11 is 0. The predicted octanol–water partition coefficient (Wildman–Crippen LogP) is 3.82. The highest BCUT2D eigenvalue weighted by Crippen LogP contribution is 2.32. The molecule has 2 heterocycles. The summed E-state index contributed by atoms with van der Waals surface area (Å²) in [6, 6.07) is 12.7. The van der Waals surface area contributed by atoms with Gasteiger partial charge in [-0.15, -0.1) is 0 Å². The van der Waals surface area contributed by atoms with Crippen LogP contribution in [0.25, 0.3) is 0 Å². The number of rotatable bonds is 6. The molecule has 33 heavy (non-hydrogen) atoms. The third-order valence-corrected chi connectivity index (χ3v) is 5.24. The summed E-state index contributed by atoms with van der Waals surface area (Å²) in [7, 11) is 0. The first kappa shape index (κ1) is 24.3.